The Morgan fingerprint density at radius 1 is 1.37 bits per heavy atom. The number of hydrogen-bond donors (Lipinski definition) is 2. The van der Waals surface area contributed by atoms with Gasteiger partial charge in [-0.2, -0.15) is 0 Å². The first-order chi connectivity index (χ1) is 9.08. The molecule has 1 fully saturated rings. The van der Waals surface area contributed by atoms with E-state index in [0.29, 0.717) is 5.56 Å². The zero-order valence-electron chi connectivity index (χ0n) is 11.3. The minimum absolute atomic E-state index is 0.151. The molecule has 0 saturated heterocycles. The number of nitrogens with one attached hydrogen (secondary N) is 1. The summed E-state index contributed by atoms with van der Waals surface area (Å²) in [5.74, 6) is 0.0997. The zero-order chi connectivity index (χ0) is 13.8. The maximum absolute atomic E-state index is 14.0. The number of amidine groups is 1. The number of nitrogens with two attached hydrogens (primary N) is 1. The molecule has 3 nitrogen and oxygen atoms in total. The summed E-state index contributed by atoms with van der Waals surface area (Å²) in [6, 6.07) is 4.91. The highest BCUT2D eigenvalue weighted by Gasteiger charge is 2.19. The molecule has 2 rings (SSSR count). The smallest absolute Gasteiger partial charge is 0.139 e. The summed E-state index contributed by atoms with van der Waals surface area (Å²) in [6.07, 6.45) is 4.70. The maximum Gasteiger partial charge on any atom is 0.139 e. The molecule has 0 radical (unpaired) electrons. The fourth-order valence-corrected chi connectivity index (χ4v) is 2.50. The first-order valence-corrected chi connectivity index (χ1v) is 6.81. The van der Waals surface area contributed by atoms with Crippen LogP contribution in [0, 0.1) is 17.1 Å². The Kier molecular flexibility index (Phi) is 4.53. The number of hydrogen-bond acceptors (Lipinski definition) is 2. The van der Waals surface area contributed by atoms with Gasteiger partial charge in [-0.25, -0.2) is 4.39 Å². The van der Waals surface area contributed by atoms with Gasteiger partial charge >= 0.3 is 0 Å². The highest BCUT2D eigenvalue weighted by molar-refractivity contribution is 5.95. The van der Waals surface area contributed by atoms with Crippen molar-refractivity contribution in [1.82, 2.24) is 0 Å². The fraction of sp³-hybridized carbons (Fsp3) is 0.533. The highest BCUT2D eigenvalue weighted by atomic mass is 19.1. The molecule has 1 aromatic rings. The van der Waals surface area contributed by atoms with Crippen LogP contribution in [0.25, 0.3) is 0 Å². The molecule has 0 atom stereocenters. The second-order valence-electron chi connectivity index (χ2n) is 5.39. The van der Waals surface area contributed by atoms with E-state index in [4.69, 9.17) is 15.9 Å². The third-order valence-corrected chi connectivity index (χ3v) is 3.81. The summed E-state index contributed by atoms with van der Waals surface area (Å²) in [5.41, 5.74) is 5.97. The van der Waals surface area contributed by atoms with Crippen LogP contribution in [-0.2, 0) is 11.3 Å². The fourth-order valence-electron chi connectivity index (χ4n) is 2.50. The SMILES string of the molecule is CC1CCC(OCc2cccc(C(=N)N)c2F)CC1. The van der Waals surface area contributed by atoms with Crippen LogP contribution in [0.5, 0.6) is 0 Å². The van der Waals surface area contributed by atoms with Crippen molar-refractivity contribution in [2.75, 3.05) is 0 Å². The van der Waals surface area contributed by atoms with Crippen LogP contribution in [0.15, 0.2) is 18.2 Å². The van der Waals surface area contributed by atoms with Gasteiger partial charge in [0.15, 0.2) is 0 Å². The molecule has 1 saturated carbocycles. The molecule has 1 aliphatic rings. The molecular weight excluding hydrogens is 243 g/mol. The lowest BCUT2D eigenvalue weighted by molar-refractivity contribution is 0.00758. The van der Waals surface area contributed by atoms with E-state index >= 15 is 0 Å². The third kappa shape index (κ3) is 3.53. The first-order valence-electron chi connectivity index (χ1n) is 6.81. The summed E-state index contributed by atoms with van der Waals surface area (Å²) < 4.78 is 19.8. The van der Waals surface area contributed by atoms with Gasteiger partial charge < -0.3 is 10.5 Å². The predicted octanol–water partition coefficient (Wildman–Crippen LogP) is 3.21. The summed E-state index contributed by atoms with van der Waals surface area (Å²) in [4.78, 5) is 0. The van der Waals surface area contributed by atoms with Gasteiger partial charge in [-0.3, -0.25) is 5.41 Å². The van der Waals surface area contributed by atoms with Gasteiger partial charge in [0.2, 0.25) is 0 Å². The lowest BCUT2D eigenvalue weighted by Crippen LogP contribution is -2.21. The Morgan fingerprint density at radius 2 is 2.05 bits per heavy atom. The number of rotatable bonds is 4. The number of nitrogen functional groups attached to an aromatic ring is 1. The van der Waals surface area contributed by atoms with Crippen LogP contribution in [0.1, 0.15) is 43.7 Å². The summed E-state index contributed by atoms with van der Waals surface area (Å²) in [5, 5.41) is 7.32. The van der Waals surface area contributed by atoms with Gasteiger partial charge in [0, 0.05) is 5.56 Å². The highest BCUT2D eigenvalue weighted by Crippen LogP contribution is 2.26. The Balaban J connectivity index is 1.96. The average molecular weight is 264 g/mol. The van der Waals surface area contributed by atoms with E-state index in [1.165, 1.54) is 18.9 Å². The zero-order valence-corrected chi connectivity index (χ0v) is 11.3. The van der Waals surface area contributed by atoms with Crippen molar-refractivity contribution in [3.05, 3.63) is 35.1 Å². The molecule has 4 heteroatoms. The quantitative estimate of drug-likeness (QED) is 0.648. The maximum atomic E-state index is 14.0. The van der Waals surface area contributed by atoms with Crippen LogP contribution in [0.3, 0.4) is 0 Å². The number of benzene rings is 1. The Hall–Kier alpha value is -1.42. The lowest BCUT2D eigenvalue weighted by Gasteiger charge is -2.26. The molecule has 0 heterocycles. The number of ether oxygens (including phenoxy) is 1. The number of halogens is 1. The lowest BCUT2D eigenvalue weighted by atomic mass is 9.89. The molecule has 104 valence electrons. The summed E-state index contributed by atoms with van der Waals surface area (Å²) >= 11 is 0. The minimum atomic E-state index is -0.431. The van der Waals surface area contributed by atoms with Gasteiger partial charge in [-0.15, -0.1) is 0 Å². The summed E-state index contributed by atoms with van der Waals surface area (Å²) in [6.45, 7) is 2.51. The van der Waals surface area contributed by atoms with Gasteiger partial charge in [-0.05, 0) is 37.7 Å². The van der Waals surface area contributed by atoms with Crippen molar-refractivity contribution < 1.29 is 9.13 Å². The van der Waals surface area contributed by atoms with Crippen LogP contribution >= 0.6 is 0 Å². The minimum Gasteiger partial charge on any atom is -0.384 e. The molecular formula is C15H21FN2O. The Bertz CT molecular complexity index is 453. The molecule has 0 amide bonds. The van der Waals surface area contributed by atoms with Gasteiger partial charge in [0.05, 0.1) is 18.3 Å². The average Bonchev–Trinajstić information content (AvgIpc) is 2.39. The molecule has 0 spiro atoms. The molecule has 0 aliphatic heterocycles. The largest absolute Gasteiger partial charge is 0.384 e. The van der Waals surface area contributed by atoms with Gasteiger partial charge in [0.1, 0.15) is 11.7 Å². The monoisotopic (exact) mass is 264 g/mol. The van der Waals surface area contributed by atoms with Crippen LogP contribution in [0.4, 0.5) is 4.39 Å². The third-order valence-electron chi connectivity index (χ3n) is 3.81. The Morgan fingerprint density at radius 3 is 2.68 bits per heavy atom. The van der Waals surface area contributed by atoms with E-state index in [-0.39, 0.29) is 24.1 Å². The van der Waals surface area contributed by atoms with Crippen molar-refractivity contribution in [3.8, 4) is 0 Å². The second kappa shape index (κ2) is 6.15. The van der Waals surface area contributed by atoms with Crippen molar-refractivity contribution in [3.63, 3.8) is 0 Å². The predicted molar refractivity (Wildman–Crippen MR) is 73.6 cm³/mol. The van der Waals surface area contributed by atoms with Crippen molar-refractivity contribution in [1.29, 1.82) is 5.41 Å². The molecule has 0 unspecified atom stereocenters. The first kappa shape index (κ1) is 14.0. The molecule has 3 N–H and O–H groups in total. The van der Waals surface area contributed by atoms with Crippen molar-refractivity contribution in [2.45, 2.75) is 45.3 Å². The van der Waals surface area contributed by atoms with E-state index in [9.17, 15) is 4.39 Å². The summed E-state index contributed by atoms with van der Waals surface area (Å²) in [7, 11) is 0. The molecule has 0 aromatic heterocycles. The van der Waals surface area contributed by atoms with E-state index in [1.54, 1.807) is 12.1 Å². The van der Waals surface area contributed by atoms with E-state index in [0.717, 1.165) is 18.8 Å². The van der Waals surface area contributed by atoms with Crippen LogP contribution < -0.4 is 5.73 Å². The van der Waals surface area contributed by atoms with Gasteiger partial charge in [0.25, 0.3) is 0 Å². The molecule has 1 aliphatic carbocycles. The second-order valence-corrected chi connectivity index (χ2v) is 5.39. The van der Waals surface area contributed by atoms with E-state index in [1.807, 2.05) is 0 Å². The van der Waals surface area contributed by atoms with E-state index in [2.05, 4.69) is 6.92 Å². The standard InChI is InChI=1S/C15H21FN2O/c1-10-5-7-12(8-6-10)19-9-11-3-2-4-13(14(11)16)15(17)18/h2-4,10,12H,5-9H2,1H3,(H3,17,18). The van der Waals surface area contributed by atoms with E-state index < -0.39 is 5.82 Å². The Labute approximate surface area is 113 Å². The topological polar surface area (TPSA) is 59.1 Å². The van der Waals surface area contributed by atoms with Crippen molar-refractivity contribution in [2.24, 2.45) is 11.7 Å². The van der Waals surface area contributed by atoms with Crippen LogP contribution in [0.2, 0.25) is 0 Å². The van der Waals surface area contributed by atoms with Gasteiger partial charge in [-0.1, -0.05) is 19.1 Å². The normalized spacial score (nSPS) is 23.3. The molecule has 19 heavy (non-hydrogen) atoms. The van der Waals surface area contributed by atoms with Crippen molar-refractivity contribution >= 4 is 5.84 Å². The molecule has 1 aromatic carbocycles. The van der Waals surface area contributed by atoms with Crippen LogP contribution in [-0.4, -0.2) is 11.9 Å². The molecule has 0 bridgehead atoms.